The van der Waals surface area contributed by atoms with Crippen molar-refractivity contribution in [2.75, 3.05) is 20.2 Å². The van der Waals surface area contributed by atoms with Gasteiger partial charge in [0.25, 0.3) is 0 Å². The number of hydrogen-bond acceptors (Lipinski definition) is 4. The van der Waals surface area contributed by atoms with Crippen LogP contribution in [0.5, 0.6) is 5.75 Å². The molecule has 18 heavy (non-hydrogen) atoms. The van der Waals surface area contributed by atoms with Gasteiger partial charge in [0.1, 0.15) is 12.1 Å². The molecule has 94 valence electrons. The lowest BCUT2D eigenvalue weighted by atomic mass is 10.2. The van der Waals surface area contributed by atoms with Gasteiger partial charge in [0, 0.05) is 19.2 Å². The minimum absolute atomic E-state index is 0.0696. The fourth-order valence-corrected chi connectivity index (χ4v) is 2.10. The Bertz CT molecular complexity index is 601. The Balaban J connectivity index is 1.99. The summed E-state index contributed by atoms with van der Waals surface area (Å²) in [5.41, 5.74) is 1.61. The van der Waals surface area contributed by atoms with Gasteiger partial charge in [0.2, 0.25) is 5.91 Å². The van der Waals surface area contributed by atoms with Crippen LogP contribution in [0, 0.1) is 0 Å². The third-order valence-corrected chi connectivity index (χ3v) is 3.38. The third kappa shape index (κ3) is 1.76. The van der Waals surface area contributed by atoms with Crippen molar-refractivity contribution in [3.63, 3.8) is 0 Å². The zero-order valence-electron chi connectivity index (χ0n) is 10.5. The van der Waals surface area contributed by atoms with Crippen molar-refractivity contribution < 1.29 is 9.53 Å². The normalized spacial score (nSPS) is 16.8. The summed E-state index contributed by atoms with van der Waals surface area (Å²) < 4.78 is 6.77. The highest BCUT2D eigenvalue weighted by Gasteiger charge is 2.30. The van der Waals surface area contributed by atoms with E-state index in [2.05, 4.69) is 9.88 Å². The van der Waals surface area contributed by atoms with Crippen molar-refractivity contribution in [2.24, 2.45) is 0 Å². The smallest absolute Gasteiger partial charge is 0.249 e. The van der Waals surface area contributed by atoms with Gasteiger partial charge in [-0.2, -0.15) is 0 Å². The fraction of sp³-hybridized carbons (Fsp3) is 0.385. The van der Waals surface area contributed by atoms with Gasteiger partial charge in [-0.25, -0.2) is 4.98 Å². The summed E-state index contributed by atoms with van der Waals surface area (Å²) in [4.78, 5) is 18.7. The van der Waals surface area contributed by atoms with E-state index < -0.39 is 0 Å². The van der Waals surface area contributed by atoms with E-state index in [9.17, 15) is 4.79 Å². The number of hydrogen-bond donors (Lipinski definition) is 0. The zero-order chi connectivity index (χ0) is 12.7. The van der Waals surface area contributed by atoms with E-state index in [1.54, 1.807) is 18.0 Å². The first-order valence-corrected chi connectivity index (χ1v) is 6.00. The molecular formula is C13H15N3O2. The van der Waals surface area contributed by atoms with Crippen LogP contribution in [0.1, 0.15) is 11.7 Å². The van der Waals surface area contributed by atoms with Crippen LogP contribution in [-0.2, 0) is 0 Å². The second-order valence-corrected chi connectivity index (χ2v) is 4.52. The van der Waals surface area contributed by atoms with E-state index in [-0.39, 0.29) is 11.9 Å². The predicted molar refractivity (Wildman–Crippen MR) is 67.9 cm³/mol. The van der Waals surface area contributed by atoms with Crippen molar-refractivity contribution in [3.8, 4) is 5.75 Å². The van der Waals surface area contributed by atoms with Gasteiger partial charge in [0.15, 0.2) is 0 Å². The van der Waals surface area contributed by atoms with Crippen molar-refractivity contribution in [3.05, 3.63) is 24.5 Å². The first-order valence-electron chi connectivity index (χ1n) is 6.00. The van der Waals surface area contributed by atoms with E-state index in [1.165, 1.54) is 0 Å². The lowest BCUT2D eigenvalue weighted by Gasteiger charge is -2.11. The maximum atomic E-state index is 12.3. The summed E-state index contributed by atoms with van der Waals surface area (Å²) >= 11 is 0. The summed E-state index contributed by atoms with van der Waals surface area (Å²) in [7, 11) is 1.62. The minimum atomic E-state index is -0.0792. The molecule has 1 unspecified atom stereocenters. The highest BCUT2D eigenvalue weighted by Crippen LogP contribution is 2.21. The second kappa shape index (κ2) is 4.10. The Morgan fingerprint density at radius 2 is 2.22 bits per heavy atom. The Labute approximate surface area is 105 Å². The Morgan fingerprint density at radius 3 is 2.89 bits per heavy atom. The average Bonchev–Trinajstić information content (AvgIpc) is 3.16. The van der Waals surface area contributed by atoms with Gasteiger partial charge in [-0.3, -0.25) is 14.3 Å². The molecule has 1 aromatic carbocycles. The molecule has 3 rings (SSSR count). The number of fused-ring (bicyclic) bond motifs is 1. The number of benzene rings is 1. The van der Waals surface area contributed by atoms with Crippen LogP contribution in [-0.4, -0.2) is 46.6 Å². The molecule has 0 radical (unpaired) electrons. The Hall–Kier alpha value is -1.88. The SMILES string of the molecule is COc1ccc2c(c1)ncn2C(=O)C(C)N1CC1. The number of ether oxygens (including phenoxy) is 1. The summed E-state index contributed by atoms with van der Waals surface area (Å²) in [5, 5.41) is 0. The number of imidazole rings is 1. The fourth-order valence-electron chi connectivity index (χ4n) is 2.10. The van der Waals surface area contributed by atoms with Crippen molar-refractivity contribution in [2.45, 2.75) is 13.0 Å². The minimum Gasteiger partial charge on any atom is -0.497 e. The molecule has 2 heterocycles. The monoisotopic (exact) mass is 245 g/mol. The van der Waals surface area contributed by atoms with E-state index in [1.807, 2.05) is 25.1 Å². The van der Waals surface area contributed by atoms with Crippen LogP contribution >= 0.6 is 0 Å². The van der Waals surface area contributed by atoms with Crippen molar-refractivity contribution in [1.29, 1.82) is 0 Å². The second-order valence-electron chi connectivity index (χ2n) is 4.52. The van der Waals surface area contributed by atoms with E-state index in [4.69, 9.17) is 4.74 Å². The number of carbonyl (C=O) groups is 1. The molecule has 0 N–H and O–H groups in total. The molecule has 5 heteroatoms. The molecule has 5 nitrogen and oxygen atoms in total. The maximum absolute atomic E-state index is 12.3. The van der Waals surface area contributed by atoms with Crippen molar-refractivity contribution >= 4 is 16.9 Å². The quantitative estimate of drug-likeness (QED) is 0.767. The zero-order valence-corrected chi connectivity index (χ0v) is 10.5. The van der Waals surface area contributed by atoms with Gasteiger partial charge in [-0.15, -0.1) is 0 Å². The summed E-state index contributed by atoms with van der Waals surface area (Å²) in [6, 6.07) is 5.47. The average molecular weight is 245 g/mol. The standard InChI is InChI=1S/C13H15N3O2/c1-9(15-5-6-15)13(17)16-8-14-11-7-10(18-2)3-4-12(11)16/h3-4,7-9H,5-6H2,1-2H3. The Kier molecular flexibility index (Phi) is 2.56. The van der Waals surface area contributed by atoms with Crippen LogP contribution in [0.2, 0.25) is 0 Å². The summed E-state index contributed by atoms with van der Waals surface area (Å²) in [6.07, 6.45) is 1.59. The van der Waals surface area contributed by atoms with Crippen molar-refractivity contribution in [1.82, 2.24) is 14.5 Å². The largest absolute Gasteiger partial charge is 0.497 e. The van der Waals surface area contributed by atoms with Crippen LogP contribution < -0.4 is 4.74 Å². The first-order chi connectivity index (χ1) is 8.70. The first kappa shape index (κ1) is 11.2. The molecule has 1 atom stereocenters. The van der Waals surface area contributed by atoms with Crippen LogP contribution in [0.4, 0.5) is 0 Å². The number of methoxy groups -OCH3 is 1. The Morgan fingerprint density at radius 1 is 1.44 bits per heavy atom. The molecule has 1 aromatic heterocycles. The van der Waals surface area contributed by atoms with Crippen LogP contribution in [0.15, 0.2) is 24.5 Å². The highest BCUT2D eigenvalue weighted by molar-refractivity contribution is 5.93. The van der Waals surface area contributed by atoms with E-state index >= 15 is 0 Å². The number of aromatic nitrogens is 2. The van der Waals surface area contributed by atoms with Gasteiger partial charge in [-0.1, -0.05) is 0 Å². The van der Waals surface area contributed by atoms with Crippen LogP contribution in [0.3, 0.4) is 0 Å². The number of nitrogens with zero attached hydrogens (tertiary/aromatic N) is 3. The molecule has 1 aliphatic heterocycles. The molecule has 0 aliphatic carbocycles. The molecule has 1 fully saturated rings. The lowest BCUT2D eigenvalue weighted by Crippen LogP contribution is -2.30. The molecule has 0 saturated carbocycles. The molecular weight excluding hydrogens is 230 g/mol. The molecule has 0 spiro atoms. The topological polar surface area (TPSA) is 47.1 Å². The lowest BCUT2D eigenvalue weighted by molar-refractivity contribution is 0.0841. The van der Waals surface area contributed by atoms with E-state index in [0.717, 1.165) is 29.9 Å². The van der Waals surface area contributed by atoms with Gasteiger partial charge in [-0.05, 0) is 19.1 Å². The number of rotatable bonds is 3. The maximum Gasteiger partial charge on any atom is 0.249 e. The summed E-state index contributed by atoms with van der Waals surface area (Å²) in [6.45, 7) is 3.95. The molecule has 2 aromatic rings. The molecule has 1 aliphatic rings. The molecule has 0 amide bonds. The highest BCUT2D eigenvalue weighted by atomic mass is 16.5. The van der Waals surface area contributed by atoms with E-state index in [0.29, 0.717) is 0 Å². The van der Waals surface area contributed by atoms with Gasteiger partial charge in [0.05, 0.1) is 24.2 Å². The molecule has 0 bridgehead atoms. The predicted octanol–water partition coefficient (Wildman–Crippen LogP) is 1.39. The molecule has 1 saturated heterocycles. The number of carbonyl (C=O) groups excluding carboxylic acids is 1. The van der Waals surface area contributed by atoms with Gasteiger partial charge < -0.3 is 4.74 Å². The van der Waals surface area contributed by atoms with Gasteiger partial charge >= 0.3 is 0 Å². The third-order valence-electron chi connectivity index (χ3n) is 3.38. The van der Waals surface area contributed by atoms with Crippen LogP contribution in [0.25, 0.3) is 11.0 Å². The summed E-state index contributed by atoms with van der Waals surface area (Å²) in [5.74, 6) is 0.819.